The summed E-state index contributed by atoms with van der Waals surface area (Å²) >= 11 is 7.47. The molecule has 3 aromatic rings. The van der Waals surface area contributed by atoms with Crippen LogP contribution in [0.5, 0.6) is 17.2 Å². The van der Waals surface area contributed by atoms with Gasteiger partial charge in [0.2, 0.25) is 5.91 Å². The molecule has 0 radical (unpaired) electrons. The van der Waals surface area contributed by atoms with E-state index < -0.39 is 5.97 Å². The molecule has 1 heterocycles. The number of hydrogen-bond donors (Lipinski definition) is 1. The number of thioether (sulfide) groups is 1. The molecule has 1 N–H and O–H groups in total. The molecule has 0 bridgehead atoms. The molecular formula is C25H22ClNO5S. The average molecular weight is 484 g/mol. The number of carbonyl (C=O) groups is 2. The Morgan fingerprint density at radius 2 is 1.73 bits per heavy atom. The molecule has 8 heteroatoms. The first-order valence-corrected chi connectivity index (χ1v) is 11.8. The van der Waals surface area contributed by atoms with Gasteiger partial charge >= 0.3 is 5.97 Å². The van der Waals surface area contributed by atoms with E-state index >= 15 is 0 Å². The lowest BCUT2D eigenvalue weighted by molar-refractivity contribution is -0.137. The van der Waals surface area contributed by atoms with Crippen molar-refractivity contribution in [2.24, 2.45) is 0 Å². The number of carboxylic acid groups (broad SMARTS) is 1. The molecule has 1 fully saturated rings. The normalized spacial score (nSPS) is 15.5. The second-order valence-electron chi connectivity index (χ2n) is 7.40. The van der Waals surface area contributed by atoms with Crippen LogP contribution in [0.4, 0.5) is 5.69 Å². The number of nitrogens with zero attached hydrogens (tertiary/aromatic N) is 1. The van der Waals surface area contributed by atoms with Crippen molar-refractivity contribution in [3.63, 3.8) is 0 Å². The highest BCUT2D eigenvalue weighted by molar-refractivity contribution is 8.00. The highest BCUT2D eigenvalue weighted by atomic mass is 35.5. The minimum Gasteiger partial charge on any atom is -0.494 e. The maximum Gasteiger partial charge on any atom is 0.303 e. The Balaban J connectivity index is 1.46. The van der Waals surface area contributed by atoms with E-state index in [2.05, 4.69) is 0 Å². The number of amides is 1. The molecule has 1 saturated heterocycles. The predicted octanol–water partition coefficient (Wildman–Crippen LogP) is 6.15. The number of carboxylic acids is 1. The van der Waals surface area contributed by atoms with Crippen LogP contribution in [0.25, 0.3) is 0 Å². The van der Waals surface area contributed by atoms with Crippen molar-refractivity contribution in [1.29, 1.82) is 0 Å². The quantitative estimate of drug-likeness (QED) is 0.367. The third kappa shape index (κ3) is 6.00. The molecule has 4 rings (SSSR count). The fourth-order valence-corrected chi connectivity index (χ4v) is 4.73. The predicted molar refractivity (Wildman–Crippen MR) is 129 cm³/mol. The smallest absolute Gasteiger partial charge is 0.303 e. The average Bonchev–Trinajstić information content (AvgIpc) is 3.20. The largest absolute Gasteiger partial charge is 0.494 e. The van der Waals surface area contributed by atoms with E-state index in [4.69, 9.17) is 26.2 Å². The summed E-state index contributed by atoms with van der Waals surface area (Å²) in [7, 11) is 0. The molecule has 1 unspecified atom stereocenters. The Bertz CT molecular complexity index is 1120. The number of rotatable bonds is 9. The summed E-state index contributed by atoms with van der Waals surface area (Å²) in [5.74, 6) is 1.57. The Kier molecular flexibility index (Phi) is 7.42. The summed E-state index contributed by atoms with van der Waals surface area (Å²) in [6.07, 6.45) is 0.505. The molecule has 0 spiro atoms. The van der Waals surface area contributed by atoms with Crippen molar-refractivity contribution in [3.05, 3.63) is 83.4 Å². The van der Waals surface area contributed by atoms with Crippen molar-refractivity contribution in [2.75, 3.05) is 17.3 Å². The van der Waals surface area contributed by atoms with E-state index in [1.165, 1.54) is 0 Å². The van der Waals surface area contributed by atoms with E-state index in [0.29, 0.717) is 41.1 Å². The van der Waals surface area contributed by atoms with Gasteiger partial charge in [0.25, 0.3) is 0 Å². The van der Waals surface area contributed by atoms with Gasteiger partial charge in [-0.1, -0.05) is 23.7 Å². The van der Waals surface area contributed by atoms with Crippen LogP contribution < -0.4 is 14.4 Å². The molecule has 170 valence electrons. The fraction of sp³-hybridized carbons (Fsp3) is 0.200. The fourth-order valence-electron chi connectivity index (χ4n) is 3.43. The lowest BCUT2D eigenvalue weighted by Gasteiger charge is -2.25. The number of halogens is 1. The zero-order valence-corrected chi connectivity index (χ0v) is 19.2. The highest BCUT2D eigenvalue weighted by Gasteiger charge is 2.34. The van der Waals surface area contributed by atoms with E-state index in [0.717, 1.165) is 11.3 Å². The van der Waals surface area contributed by atoms with E-state index in [-0.39, 0.29) is 17.7 Å². The van der Waals surface area contributed by atoms with E-state index in [9.17, 15) is 9.59 Å². The van der Waals surface area contributed by atoms with Crippen LogP contribution in [0.15, 0.2) is 72.8 Å². The summed E-state index contributed by atoms with van der Waals surface area (Å²) in [5, 5.41) is 9.22. The first kappa shape index (κ1) is 23.0. The summed E-state index contributed by atoms with van der Waals surface area (Å²) in [5.41, 5.74) is 1.73. The standard InChI is InChI=1S/C25H22ClNO5S/c26-18-6-10-20(11-7-18)32-21-12-8-19(9-13-21)27-23(28)16-33-25(27)17-3-1-4-22(15-17)31-14-2-5-24(29)30/h1,3-4,6-13,15,25H,2,5,14,16H2,(H,29,30). The van der Waals surface area contributed by atoms with Crippen molar-refractivity contribution >= 4 is 40.9 Å². The maximum atomic E-state index is 12.7. The number of carbonyl (C=O) groups excluding carboxylic acids is 1. The first-order chi connectivity index (χ1) is 16.0. The second kappa shape index (κ2) is 10.6. The van der Waals surface area contributed by atoms with Gasteiger partial charge < -0.3 is 14.6 Å². The molecule has 6 nitrogen and oxygen atoms in total. The zero-order valence-electron chi connectivity index (χ0n) is 17.6. The number of hydrogen-bond acceptors (Lipinski definition) is 5. The molecule has 0 aromatic heterocycles. The molecule has 0 saturated carbocycles. The zero-order chi connectivity index (χ0) is 23.2. The maximum absolute atomic E-state index is 12.7. The molecule has 1 atom stereocenters. The van der Waals surface area contributed by atoms with Gasteiger partial charge in [-0.25, -0.2) is 0 Å². The van der Waals surface area contributed by atoms with Crippen LogP contribution in [0.3, 0.4) is 0 Å². The Hall–Kier alpha value is -3.16. The monoisotopic (exact) mass is 483 g/mol. The number of aliphatic carboxylic acids is 1. The van der Waals surface area contributed by atoms with E-state index in [1.54, 1.807) is 40.9 Å². The Labute approximate surface area is 201 Å². The summed E-state index contributed by atoms with van der Waals surface area (Å²) in [6, 6.07) is 22.1. The lowest BCUT2D eigenvalue weighted by Crippen LogP contribution is -2.27. The van der Waals surface area contributed by atoms with Gasteiger partial charge in [-0.3, -0.25) is 14.5 Å². The SMILES string of the molecule is O=C(O)CCCOc1cccc(C2SCC(=O)N2c2ccc(Oc3ccc(Cl)cc3)cc2)c1. The van der Waals surface area contributed by atoms with Crippen LogP contribution in [0.2, 0.25) is 5.02 Å². The molecule has 1 aliphatic rings. The van der Waals surface area contributed by atoms with Gasteiger partial charge in [-0.2, -0.15) is 0 Å². The van der Waals surface area contributed by atoms with Crippen molar-refractivity contribution in [2.45, 2.75) is 18.2 Å². The van der Waals surface area contributed by atoms with Gasteiger partial charge in [-0.15, -0.1) is 11.8 Å². The van der Waals surface area contributed by atoms with Crippen LogP contribution in [0, 0.1) is 0 Å². The molecule has 1 amide bonds. The lowest BCUT2D eigenvalue weighted by atomic mass is 10.1. The number of anilines is 1. The van der Waals surface area contributed by atoms with Crippen LogP contribution in [0.1, 0.15) is 23.8 Å². The van der Waals surface area contributed by atoms with Crippen molar-refractivity contribution in [1.82, 2.24) is 0 Å². The summed E-state index contributed by atoms with van der Waals surface area (Å²) in [6.45, 7) is 0.325. The molecule has 3 aromatic carbocycles. The van der Waals surface area contributed by atoms with Gasteiger partial charge in [0, 0.05) is 17.1 Å². The first-order valence-electron chi connectivity index (χ1n) is 10.4. The minimum atomic E-state index is -0.839. The van der Waals surface area contributed by atoms with Crippen LogP contribution in [-0.2, 0) is 9.59 Å². The van der Waals surface area contributed by atoms with Crippen LogP contribution >= 0.6 is 23.4 Å². The van der Waals surface area contributed by atoms with Gasteiger partial charge in [-0.05, 0) is 72.6 Å². The third-order valence-corrected chi connectivity index (χ3v) is 6.44. The van der Waals surface area contributed by atoms with Gasteiger partial charge in [0.05, 0.1) is 12.4 Å². The topological polar surface area (TPSA) is 76.1 Å². The Morgan fingerprint density at radius 3 is 2.42 bits per heavy atom. The summed E-state index contributed by atoms with van der Waals surface area (Å²) < 4.78 is 11.5. The number of benzene rings is 3. The van der Waals surface area contributed by atoms with Crippen molar-refractivity contribution < 1.29 is 24.2 Å². The van der Waals surface area contributed by atoms with Crippen molar-refractivity contribution in [3.8, 4) is 17.2 Å². The van der Waals surface area contributed by atoms with Gasteiger partial charge in [0.15, 0.2) is 0 Å². The molecular weight excluding hydrogens is 462 g/mol. The van der Waals surface area contributed by atoms with Gasteiger partial charge in [0.1, 0.15) is 22.6 Å². The third-order valence-electron chi connectivity index (χ3n) is 4.98. The Morgan fingerprint density at radius 1 is 1.03 bits per heavy atom. The molecule has 1 aliphatic heterocycles. The minimum absolute atomic E-state index is 0.0316. The highest BCUT2D eigenvalue weighted by Crippen LogP contribution is 2.43. The van der Waals surface area contributed by atoms with E-state index in [1.807, 2.05) is 48.5 Å². The second-order valence-corrected chi connectivity index (χ2v) is 8.90. The number of ether oxygens (including phenoxy) is 2. The molecule has 33 heavy (non-hydrogen) atoms. The molecule has 0 aliphatic carbocycles. The van der Waals surface area contributed by atoms with Crippen LogP contribution in [-0.4, -0.2) is 29.3 Å². The summed E-state index contributed by atoms with van der Waals surface area (Å²) in [4.78, 5) is 25.1.